The van der Waals surface area contributed by atoms with Crippen molar-refractivity contribution in [2.75, 3.05) is 30.3 Å². The van der Waals surface area contributed by atoms with E-state index < -0.39 is 16.1 Å². The third kappa shape index (κ3) is 6.70. The van der Waals surface area contributed by atoms with Crippen LogP contribution in [-0.2, 0) is 27.8 Å². The van der Waals surface area contributed by atoms with Crippen LogP contribution in [-0.4, -0.2) is 71.3 Å². The maximum Gasteiger partial charge on any atom is 0.245 e. The highest BCUT2D eigenvalue weighted by molar-refractivity contribution is 7.89. The third-order valence-electron chi connectivity index (χ3n) is 7.56. The molecule has 3 aromatic carbocycles. The Morgan fingerprint density at radius 1 is 0.976 bits per heavy atom. The summed E-state index contributed by atoms with van der Waals surface area (Å²) in [6.07, 6.45) is 1.01. The lowest BCUT2D eigenvalue weighted by atomic mass is 9.98. The zero-order chi connectivity index (χ0) is 28.8. The van der Waals surface area contributed by atoms with Gasteiger partial charge in [0, 0.05) is 17.8 Å². The van der Waals surface area contributed by atoms with Gasteiger partial charge >= 0.3 is 0 Å². The molecule has 214 valence electrons. The minimum absolute atomic E-state index is 0.0434. The number of hydrogen-bond donors (Lipinski definition) is 2. The maximum absolute atomic E-state index is 13.9. The highest BCUT2D eigenvalue weighted by Crippen LogP contribution is 2.32. The number of amides is 1. The highest BCUT2D eigenvalue weighted by atomic mass is 32.2. The van der Waals surface area contributed by atoms with Crippen LogP contribution in [0.2, 0.25) is 0 Å². The number of tetrazole rings is 1. The molecule has 1 aliphatic heterocycles. The number of carbonyl (C=O) groups is 1. The standard InChI is InChI=1S/C30H35N7O3S/c1-3-36(4-2)19-20-41(39,40)33-27-18-17-24-9-5-8-12-28(24)37(30(27)38)21-22-13-15-23(16-14-22)25-10-6-7-11-26(25)29-31-34-35-32-29/h5-16,27,33H,3-4,17-21H2,1-2H3,(H,31,32,34,35). The van der Waals surface area contributed by atoms with E-state index in [0.29, 0.717) is 31.8 Å². The molecule has 2 heterocycles. The molecule has 0 aliphatic carbocycles. The van der Waals surface area contributed by atoms with Crippen molar-refractivity contribution in [2.24, 2.45) is 0 Å². The van der Waals surface area contributed by atoms with Crippen LogP contribution in [0.4, 0.5) is 5.69 Å². The Kier molecular flexibility index (Phi) is 8.87. The van der Waals surface area contributed by atoms with Gasteiger partial charge in [0.2, 0.25) is 21.8 Å². The van der Waals surface area contributed by atoms with E-state index in [9.17, 15) is 13.2 Å². The van der Waals surface area contributed by atoms with Crippen molar-refractivity contribution in [1.29, 1.82) is 0 Å². The molecule has 0 radical (unpaired) electrons. The number of sulfonamides is 1. The van der Waals surface area contributed by atoms with Gasteiger partial charge in [-0.3, -0.25) is 4.79 Å². The second kappa shape index (κ2) is 12.7. The molecule has 0 saturated heterocycles. The first kappa shape index (κ1) is 28.6. The highest BCUT2D eigenvalue weighted by Gasteiger charge is 2.33. The fraction of sp³-hybridized carbons (Fsp3) is 0.333. The summed E-state index contributed by atoms with van der Waals surface area (Å²) in [5.41, 5.74) is 5.58. The van der Waals surface area contributed by atoms with E-state index >= 15 is 0 Å². The molecule has 1 aliphatic rings. The number of aromatic amines is 1. The van der Waals surface area contributed by atoms with Crippen LogP contribution in [0, 0.1) is 0 Å². The molecule has 1 unspecified atom stereocenters. The second-order valence-electron chi connectivity index (χ2n) is 10.1. The average molecular weight is 574 g/mol. The van der Waals surface area contributed by atoms with Crippen LogP contribution in [0.25, 0.3) is 22.5 Å². The van der Waals surface area contributed by atoms with E-state index in [1.165, 1.54) is 0 Å². The van der Waals surface area contributed by atoms with Gasteiger partial charge < -0.3 is 9.80 Å². The van der Waals surface area contributed by atoms with Crippen LogP contribution in [0.15, 0.2) is 72.8 Å². The summed E-state index contributed by atoms with van der Waals surface area (Å²) in [7, 11) is -3.64. The number of rotatable bonds is 11. The Bertz CT molecular complexity index is 1570. The molecule has 41 heavy (non-hydrogen) atoms. The first-order valence-electron chi connectivity index (χ1n) is 13.9. The van der Waals surface area contributed by atoms with Gasteiger partial charge in [0.05, 0.1) is 12.3 Å². The zero-order valence-corrected chi connectivity index (χ0v) is 24.1. The number of carbonyl (C=O) groups excluding carboxylic acids is 1. The molecule has 1 aromatic heterocycles. The normalized spacial score (nSPS) is 15.6. The molecule has 2 N–H and O–H groups in total. The summed E-state index contributed by atoms with van der Waals surface area (Å²) < 4.78 is 28.7. The molecular weight excluding hydrogens is 538 g/mol. The molecular formula is C30H35N7O3S. The van der Waals surface area contributed by atoms with Crippen LogP contribution >= 0.6 is 0 Å². The summed E-state index contributed by atoms with van der Waals surface area (Å²) in [5, 5.41) is 14.4. The number of benzene rings is 3. The van der Waals surface area contributed by atoms with Gasteiger partial charge in [0.15, 0.2) is 0 Å². The van der Waals surface area contributed by atoms with E-state index in [-0.39, 0.29) is 11.7 Å². The van der Waals surface area contributed by atoms with Crippen molar-refractivity contribution < 1.29 is 13.2 Å². The van der Waals surface area contributed by atoms with Crippen molar-refractivity contribution in [2.45, 2.75) is 39.3 Å². The first-order valence-corrected chi connectivity index (χ1v) is 15.6. The lowest BCUT2D eigenvalue weighted by molar-refractivity contribution is -0.120. The van der Waals surface area contributed by atoms with Gasteiger partial charge in [-0.15, -0.1) is 10.2 Å². The van der Waals surface area contributed by atoms with Gasteiger partial charge in [-0.05, 0) is 59.5 Å². The zero-order valence-electron chi connectivity index (χ0n) is 23.3. The van der Waals surface area contributed by atoms with Crippen LogP contribution in [0.1, 0.15) is 31.4 Å². The third-order valence-corrected chi connectivity index (χ3v) is 8.92. The summed E-state index contributed by atoms with van der Waals surface area (Å²) in [6.45, 7) is 6.31. The average Bonchev–Trinajstić information content (AvgIpc) is 3.50. The molecule has 1 atom stereocenters. The Morgan fingerprint density at radius 2 is 1.68 bits per heavy atom. The fourth-order valence-corrected chi connectivity index (χ4v) is 6.50. The SMILES string of the molecule is CCN(CC)CCS(=O)(=O)NC1CCc2ccccc2N(Cc2ccc(-c3ccccc3-c3nn[nH]n3)cc2)C1=O. The number of anilines is 1. The Hall–Kier alpha value is -3.93. The summed E-state index contributed by atoms with van der Waals surface area (Å²) >= 11 is 0. The smallest absolute Gasteiger partial charge is 0.245 e. The molecule has 11 heteroatoms. The Morgan fingerprint density at radius 3 is 2.39 bits per heavy atom. The largest absolute Gasteiger partial charge is 0.306 e. The number of nitrogens with zero attached hydrogens (tertiary/aromatic N) is 5. The Balaban J connectivity index is 1.37. The molecule has 1 amide bonds. The predicted molar refractivity (Wildman–Crippen MR) is 160 cm³/mol. The quantitative estimate of drug-likeness (QED) is 0.281. The van der Waals surface area contributed by atoms with Gasteiger partial charge in [-0.25, -0.2) is 13.1 Å². The predicted octanol–water partition coefficient (Wildman–Crippen LogP) is 3.64. The number of hydrogen-bond acceptors (Lipinski definition) is 7. The van der Waals surface area contributed by atoms with Gasteiger partial charge in [0.25, 0.3) is 0 Å². The van der Waals surface area contributed by atoms with E-state index in [0.717, 1.165) is 46.6 Å². The summed E-state index contributed by atoms with van der Waals surface area (Å²) in [6, 6.07) is 22.8. The van der Waals surface area contributed by atoms with Crippen molar-refractivity contribution in [3.63, 3.8) is 0 Å². The van der Waals surface area contributed by atoms with Crippen molar-refractivity contribution in [3.8, 4) is 22.5 Å². The number of para-hydroxylation sites is 1. The van der Waals surface area contributed by atoms with Crippen molar-refractivity contribution >= 4 is 21.6 Å². The lowest BCUT2D eigenvalue weighted by Crippen LogP contribution is -2.49. The second-order valence-corrected chi connectivity index (χ2v) is 12.0. The van der Waals surface area contributed by atoms with Crippen LogP contribution in [0.5, 0.6) is 0 Å². The molecule has 0 fully saturated rings. The van der Waals surface area contributed by atoms with E-state index in [4.69, 9.17) is 0 Å². The molecule has 10 nitrogen and oxygen atoms in total. The molecule has 0 saturated carbocycles. The summed E-state index contributed by atoms with van der Waals surface area (Å²) in [4.78, 5) is 17.6. The van der Waals surface area contributed by atoms with Crippen LogP contribution in [0.3, 0.4) is 0 Å². The molecule has 5 rings (SSSR count). The fourth-order valence-electron chi connectivity index (χ4n) is 5.23. The van der Waals surface area contributed by atoms with Crippen molar-refractivity contribution in [1.82, 2.24) is 30.2 Å². The topological polar surface area (TPSA) is 124 Å². The van der Waals surface area contributed by atoms with Gasteiger partial charge in [0.1, 0.15) is 6.04 Å². The number of aromatic nitrogens is 4. The Labute approximate surface area is 240 Å². The summed E-state index contributed by atoms with van der Waals surface area (Å²) in [5.74, 6) is 0.230. The van der Waals surface area contributed by atoms with Gasteiger partial charge in [-0.2, -0.15) is 5.21 Å². The maximum atomic E-state index is 13.9. The van der Waals surface area contributed by atoms with Gasteiger partial charge in [-0.1, -0.05) is 80.6 Å². The number of aryl methyl sites for hydroxylation is 1. The number of H-pyrrole nitrogens is 1. The molecule has 0 spiro atoms. The minimum atomic E-state index is -3.64. The van der Waals surface area contributed by atoms with E-state index in [1.807, 2.05) is 86.6 Å². The van der Waals surface area contributed by atoms with Crippen molar-refractivity contribution in [3.05, 3.63) is 83.9 Å². The van der Waals surface area contributed by atoms with Crippen LogP contribution < -0.4 is 9.62 Å². The number of fused-ring (bicyclic) bond motifs is 1. The monoisotopic (exact) mass is 573 g/mol. The minimum Gasteiger partial charge on any atom is -0.306 e. The van der Waals surface area contributed by atoms with E-state index in [2.05, 4.69) is 30.2 Å². The first-order chi connectivity index (χ1) is 19.9. The lowest BCUT2D eigenvalue weighted by Gasteiger charge is -2.27. The van der Waals surface area contributed by atoms with E-state index in [1.54, 1.807) is 4.90 Å². The molecule has 4 aromatic rings. The number of nitrogens with one attached hydrogen (secondary N) is 2. The molecule has 0 bridgehead atoms.